The molecule has 0 bridgehead atoms. The molecule has 4 aliphatic heterocycles. The smallest absolute Gasteiger partial charge is 0.343 e. The van der Waals surface area contributed by atoms with Crippen molar-refractivity contribution in [3.05, 3.63) is 0 Å². The van der Waals surface area contributed by atoms with Crippen LogP contribution >= 0.6 is 0 Å². The van der Waals surface area contributed by atoms with E-state index < -0.39 is 94.0 Å². The quantitative estimate of drug-likeness (QED) is 0.305. The van der Waals surface area contributed by atoms with Crippen LogP contribution in [0.5, 0.6) is 0 Å². The lowest BCUT2D eigenvalue weighted by atomic mass is 9.51. The average Bonchev–Trinajstić information content (AvgIpc) is 3.38. The summed E-state index contributed by atoms with van der Waals surface area (Å²) in [4.78, 5) is 38.9. The highest BCUT2D eigenvalue weighted by Gasteiger charge is 3.05. The predicted octanol–water partition coefficient (Wildman–Crippen LogP) is -1.74. The van der Waals surface area contributed by atoms with E-state index in [1.165, 1.54) is 14.0 Å². The Morgan fingerprint density at radius 1 is 1.00 bits per heavy atom. The van der Waals surface area contributed by atoms with Crippen molar-refractivity contribution < 1.29 is 53.4 Å². The molecule has 5 unspecified atom stereocenters. The lowest BCUT2D eigenvalue weighted by molar-refractivity contribution is -0.240. The molecule has 11 nitrogen and oxygen atoms in total. The molecule has 11 heteroatoms. The minimum atomic E-state index is -2.32. The van der Waals surface area contributed by atoms with Gasteiger partial charge < -0.3 is 39.0 Å². The highest BCUT2D eigenvalue weighted by atomic mass is 16.8. The van der Waals surface area contributed by atoms with E-state index in [0.717, 1.165) is 0 Å². The second-order valence-electron chi connectivity index (χ2n) is 11.0. The minimum Gasteiger partial charge on any atom is -0.456 e. The van der Waals surface area contributed by atoms with Crippen LogP contribution in [0.3, 0.4) is 0 Å². The summed E-state index contributed by atoms with van der Waals surface area (Å²) in [6, 6.07) is 0. The molecule has 0 radical (unpaired) electrons. The molecular weight excluding hydrogens is 428 g/mol. The third-order valence-electron chi connectivity index (χ3n) is 9.16. The fourth-order valence-electron chi connectivity index (χ4n) is 8.53. The van der Waals surface area contributed by atoms with Crippen LogP contribution < -0.4 is 0 Å². The number of fused-ring (bicyclic) bond motifs is 1. The van der Waals surface area contributed by atoms with Gasteiger partial charge >= 0.3 is 17.9 Å². The van der Waals surface area contributed by atoms with Crippen molar-refractivity contribution in [2.45, 2.75) is 75.7 Å². The summed E-state index contributed by atoms with van der Waals surface area (Å²) in [6.07, 6.45) is -8.71. The molecule has 6 rings (SSSR count). The van der Waals surface area contributed by atoms with E-state index in [2.05, 4.69) is 0 Å². The lowest BCUT2D eigenvalue weighted by Crippen LogP contribution is -2.67. The summed E-state index contributed by atoms with van der Waals surface area (Å²) >= 11 is 0. The molecule has 6 fully saturated rings. The monoisotopic (exact) mass is 454 g/mol. The summed E-state index contributed by atoms with van der Waals surface area (Å²) in [5.74, 6) is -4.70. The van der Waals surface area contributed by atoms with Crippen molar-refractivity contribution in [1.82, 2.24) is 0 Å². The minimum absolute atomic E-state index is 0.713. The number of rotatable bonds is 1. The fraction of sp³-hybridized carbons (Fsp3) is 0.857. The van der Waals surface area contributed by atoms with Crippen LogP contribution in [0, 0.1) is 28.1 Å². The molecule has 32 heavy (non-hydrogen) atoms. The molecule has 2 aliphatic carbocycles. The van der Waals surface area contributed by atoms with Gasteiger partial charge in [-0.3, -0.25) is 4.79 Å². The summed E-state index contributed by atoms with van der Waals surface area (Å²) < 4.78 is 28.3. The Labute approximate surface area is 182 Å². The number of ether oxygens (including phenoxy) is 5. The van der Waals surface area contributed by atoms with Gasteiger partial charge in [-0.15, -0.1) is 0 Å². The van der Waals surface area contributed by atoms with Gasteiger partial charge in [-0.1, -0.05) is 20.8 Å². The Morgan fingerprint density at radius 2 is 1.66 bits per heavy atom. The number of esters is 3. The van der Waals surface area contributed by atoms with Gasteiger partial charge in [0.25, 0.3) is 0 Å². The van der Waals surface area contributed by atoms with E-state index in [-0.39, 0.29) is 0 Å². The zero-order valence-corrected chi connectivity index (χ0v) is 18.2. The van der Waals surface area contributed by atoms with Crippen LogP contribution in [-0.4, -0.2) is 88.3 Å². The molecule has 2 spiro atoms. The summed E-state index contributed by atoms with van der Waals surface area (Å²) in [5.41, 5.74) is -8.83. The number of hydrogen-bond acceptors (Lipinski definition) is 11. The lowest BCUT2D eigenvalue weighted by Gasteiger charge is -2.48. The second-order valence-corrected chi connectivity index (χ2v) is 11.0. The van der Waals surface area contributed by atoms with Gasteiger partial charge in [-0.05, 0) is 12.3 Å². The van der Waals surface area contributed by atoms with Gasteiger partial charge in [0, 0.05) is 13.0 Å². The SMILES string of the molecule is CO[C@H]1C(=O)OC2O[C@]34C(=O)OC5[C@H](O)[C@@H](C(C)(C)C)C21C53[C@@H](O)C1OC(=O)[C@@H](C)[C@@]14O. The summed E-state index contributed by atoms with van der Waals surface area (Å²) in [7, 11) is 1.29. The second kappa shape index (κ2) is 5.30. The van der Waals surface area contributed by atoms with E-state index in [9.17, 15) is 29.7 Å². The van der Waals surface area contributed by atoms with Crippen molar-refractivity contribution in [3.63, 3.8) is 0 Å². The maximum atomic E-state index is 13.5. The third kappa shape index (κ3) is 1.49. The van der Waals surface area contributed by atoms with Crippen LogP contribution in [0.25, 0.3) is 0 Å². The van der Waals surface area contributed by atoms with Crippen molar-refractivity contribution in [1.29, 1.82) is 0 Å². The zero-order valence-electron chi connectivity index (χ0n) is 18.2. The molecule has 4 saturated heterocycles. The van der Waals surface area contributed by atoms with Crippen molar-refractivity contribution in [2.24, 2.45) is 28.1 Å². The molecule has 0 amide bonds. The molecule has 3 N–H and O–H groups in total. The first kappa shape index (κ1) is 20.8. The van der Waals surface area contributed by atoms with E-state index in [4.69, 9.17) is 23.7 Å². The van der Waals surface area contributed by atoms with Gasteiger partial charge in [0.2, 0.25) is 11.9 Å². The Kier molecular flexibility index (Phi) is 3.45. The molecule has 2 saturated carbocycles. The molecular formula is C21H26O11. The Morgan fingerprint density at radius 3 is 2.25 bits per heavy atom. The first-order chi connectivity index (χ1) is 14.8. The highest BCUT2D eigenvalue weighted by molar-refractivity contribution is 5.94. The van der Waals surface area contributed by atoms with Gasteiger partial charge in [0.05, 0.1) is 22.9 Å². The van der Waals surface area contributed by atoms with Gasteiger partial charge in [-0.25, -0.2) is 9.59 Å². The van der Waals surface area contributed by atoms with E-state index in [1.54, 1.807) is 0 Å². The average molecular weight is 454 g/mol. The number of aliphatic hydroxyl groups excluding tert-OH is 2. The van der Waals surface area contributed by atoms with E-state index in [0.29, 0.717) is 0 Å². The number of carbonyl (C=O) groups is 3. The van der Waals surface area contributed by atoms with Crippen LogP contribution in [0.2, 0.25) is 0 Å². The topological polar surface area (TPSA) is 158 Å². The number of methoxy groups -OCH3 is 1. The van der Waals surface area contributed by atoms with Crippen molar-refractivity contribution >= 4 is 17.9 Å². The number of carbonyl (C=O) groups excluding carboxylic acids is 3. The fourth-order valence-corrected chi connectivity index (χ4v) is 8.53. The Bertz CT molecular complexity index is 973. The van der Waals surface area contributed by atoms with Crippen molar-refractivity contribution in [3.8, 4) is 0 Å². The first-order valence-electron chi connectivity index (χ1n) is 10.7. The maximum absolute atomic E-state index is 13.5. The predicted molar refractivity (Wildman–Crippen MR) is 98.2 cm³/mol. The normalized spacial score (nSPS) is 59.4. The standard InChI is InChI=1S/C21H26O11/c1-6-13(24)29-11-9(23)19-10-7(22)8(17(2,3)4)18(19)12(28-5)14(25)31-16(18)32-21(19,15(26)30-10)20(6,11)27/h6-12,16,22-23,27H,1-5H3/t6-,7-,8+,9+,10?,11?,12+,16?,18?,19?,20-,21-/m1/s1. The maximum Gasteiger partial charge on any atom is 0.343 e. The zero-order chi connectivity index (χ0) is 23.4. The summed E-state index contributed by atoms with van der Waals surface area (Å²) in [5, 5.41) is 35.3. The molecule has 12 atom stereocenters. The molecule has 0 aromatic carbocycles. The van der Waals surface area contributed by atoms with Crippen LogP contribution in [-0.2, 0) is 38.1 Å². The highest BCUT2D eigenvalue weighted by Crippen LogP contribution is 2.84. The van der Waals surface area contributed by atoms with Gasteiger partial charge in [0.1, 0.15) is 12.2 Å². The van der Waals surface area contributed by atoms with Crippen LogP contribution in [0.4, 0.5) is 0 Å². The third-order valence-corrected chi connectivity index (χ3v) is 9.16. The van der Waals surface area contributed by atoms with Crippen LogP contribution in [0.15, 0.2) is 0 Å². The summed E-state index contributed by atoms with van der Waals surface area (Å²) in [6.45, 7) is 6.88. The molecule has 4 heterocycles. The molecule has 0 aromatic heterocycles. The first-order valence-corrected chi connectivity index (χ1v) is 10.7. The molecule has 176 valence electrons. The largest absolute Gasteiger partial charge is 0.456 e. The number of aliphatic hydroxyl groups is 3. The van der Waals surface area contributed by atoms with Gasteiger partial charge in [0.15, 0.2) is 17.8 Å². The molecule has 0 aromatic rings. The number of hydrogen-bond donors (Lipinski definition) is 3. The molecule has 6 aliphatic rings. The van der Waals surface area contributed by atoms with Crippen molar-refractivity contribution in [2.75, 3.05) is 7.11 Å². The van der Waals surface area contributed by atoms with E-state index >= 15 is 0 Å². The van der Waals surface area contributed by atoms with E-state index in [1.807, 2.05) is 20.8 Å². The Balaban J connectivity index is 1.75. The van der Waals surface area contributed by atoms with Gasteiger partial charge in [-0.2, -0.15) is 0 Å². The Hall–Kier alpha value is -1.79. The van der Waals surface area contributed by atoms with Crippen LogP contribution in [0.1, 0.15) is 27.7 Å².